The Balaban J connectivity index is 1.88. The van der Waals surface area contributed by atoms with Crippen molar-refractivity contribution in [1.82, 2.24) is 0 Å². The lowest BCUT2D eigenvalue weighted by atomic mass is 9.73. The van der Waals surface area contributed by atoms with Gasteiger partial charge in [-0.2, -0.15) is 26.3 Å². The van der Waals surface area contributed by atoms with E-state index in [2.05, 4.69) is 0 Å². The van der Waals surface area contributed by atoms with Crippen LogP contribution < -0.4 is 0 Å². The van der Waals surface area contributed by atoms with Crippen molar-refractivity contribution in [2.24, 2.45) is 11.8 Å². The number of ketones is 2. The Hall–Kier alpha value is -3.65. The summed E-state index contributed by atoms with van der Waals surface area (Å²) in [5.74, 6) is -5.11. The minimum atomic E-state index is -4.92. The first-order chi connectivity index (χ1) is 21.2. The van der Waals surface area contributed by atoms with E-state index in [-0.39, 0.29) is 30.2 Å². The number of hydrogen-bond donors (Lipinski definition) is 0. The third-order valence-corrected chi connectivity index (χ3v) is 10.5. The molecule has 0 spiro atoms. The summed E-state index contributed by atoms with van der Waals surface area (Å²) in [7, 11) is -3.20. The second-order valence-corrected chi connectivity index (χ2v) is 14.5. The van der Waals surface area contributed by atoms with Crippen molar-refractivity contribution in [3.8, 4) is 0 Å². The van der Waals surface area contributed by atoms with Crippen molar-refractivity contribution < 1.29 is 45.3 Å². The van der Waals surface area contributed by atoms with Gasteiger partial charge in [-0.25, -0.2) is 0 Å². The van der Waals surface area contributed by atoms with E-state index in [9.17, 15) is 45.3 Å². The fraction of sp³-hybridized carbons (Fsp3) is 0.400. The fourth-order valence-electron chi connectivity index (χ4n) is 6.35. The molecule has 1 aliphatic carbocycles. The molecule has 1 radical (unpaired) electrons. The van der Waals surface area contributed by atoms with Gasteiger partial charge in [0.1, 0.15) is 0 Å². The highest BCUT2D eigenvalue weighted by molar-refractivity contribution is 7.65. The Morgan fingerprint density at radius 1 is 0.696 bits per heavy atom. The molecule has 3 aromatic rings. The molecule has 0 heterocycles. The number of alkyl halides is 6. The van der Waals surface area contributed by atoms with Crippen molar-refractivity contribution in [2.75, 3.05) is 0 Å². The Kier molecular flexibility index (Phi) is 9.84. The Bertz CT molecular complexity index is 1600. The second-order valence-electron chi connectivity index (χ2n) is 12.8. The zero-order valence-electron chi connectivity index (χ0n) is 26.0. The van der Waals surface area contributed by atoms with Crippen molar-refractivity contribution in [3.63, 3.8) is 0 Å². The van der Waals surface area contributed by atoms with E-state index >= 15 is 0 Å². The zero-order valence-corrected chi connectivity index (χ0v) is 26.9. The number of carbonyl (C=O) groups excluding carboxylic acids is 3. The van der Waals surface area contributed by atoms with Crippen molar-refractivity contribution >= 4 is 24.9 Å². The topological polar surface area (TPSA) is 68.3 Å². The number of rotatable bonds is 7. The average molecular weight is 664 g/mol. The van der Waals surface area contributed by atoms with Crippen LogP contribution in [-0.2, 0) is 22.3 Å². The molecule has 46 heavy (non-hydrogen) atoms. The van der Waals surface area contributed by atoms with E-state index in [1.54, 1.807) is 26.0 Å². The summed E-state index contributed by atoms with van der Waals surface area (Å²) in [5, 5.41) is 0. The number of aryl methyl sites for hydroxylation is 2. The fourth-order valence-corrected chi connectivity index (χ4v) is 8.41. The number of benzene rings is 3. The maximum absolute atomic E-state index is 14.4. The van der Waals surface area contributed by atoms with Crippen LogP contribution in [0.15, 0.2) is 60.7 Å². The maximum atomic E-state index is 14.4. The third-order valence-electron chi connectivity index (χ3n) is 8.61. The first kappa shape index (κ1) is 35.2. The molecule has 4 nitrogen and oxygen atoms in total. The van der Waals surface area contributed by atoms with E-state index < -0.39 is 77.0 Å². The highest BCUT2D eigenvalue weighted by atomic mass is 31.1. The van der Waals surface area contributed by atoms with Gasteiger partial charge in [-0.3, -0.25) is 18.9 Å². The van der Waals surface area contributed by atoms with E-state index in [4.69, 9.17) is 0 Å². The summed E-state index contributed by atoms with van der Waals surface area (Å²) in [4.78, 5) is 41.9. The number of carbonyl (C=O) groups is 3. The van der Waals surface area contributed by atoms with Gasteiger partial charge >= 0.3 is 12.4 Å². The SMILES string of the molecule is Cc1cc(C(C)(C)C)cc(C)c1C(=O)[P](=O)C1C(C(=O)c2ccccc2C(F)(F)F)CCCC1C(=O)c1ccccc1C(F)(F)F. The molecule has 0 bridgehead atoms. The molecule has 3 aromatic carbocycles. The summed E-state index contributed by atoms with van der Waals surface area (Å²) < 4.78 is 98.1. The van der Waals surface area contributed by atoms with Gasteiger partial charge in [0.25, 0.3) is 0 Å². The van der Waals surface area contributed by atoms with Crippen LogP contribution in [0.2, 0.25) is 0 Å². The standard InChI is InChI=1S/C35H34F6O4P/c1-19-17-21(33(3,4)5)18-20(2)28(19)32(44)46(45)31-24(29(42)22-11-6-8-15-26(22)34(36,37)38)13-10-14-25(31)30(43)23-12-7-9-16-27(23)35(39,40)41/h6-9,11-12,15-18,24-25,31H,10,13-14H2,1-5H3. The molecule has 0 saturated heterocycles. The molecule has 1 fully saturated rings. The van der Waals surface area contributed by atoms with Crippen molar-refractivity contribution in [2.45, 2.75) is 77.3 Å². The van der Waals surface area contributed by atoms with Gasteiger partial charge in [0.2, 0.25) is 5.52 Å². The van der Waals surface area contributed by atoms with Crippen LogP contribution in [0.5, 0.6) is 0 Å². The molecule has 11 heteroatoms. The lowest BCUT2D eigenvalue weighted by Crippen LogP contribution is -2.41. The molecule has 0 amide bonds. The van der Waals surface area contributed by atoms with Crippen LogP contribution in [0, 0.1) is 25.7 Å². The third kappa shape index (κ3) is 7.02. The van der Waals surface area contributed by atoms with E-state index in [1.165, 1.54) is 12.1 Å². The second kappa shape index (κ2) is 12.9. The molecule has 245 valence electrons. The van der Waals surface area contributed by atoms with Gasteiger partial charge in [-0.05, 0) is 60.9 Å². The molecular formula is C35H34F6O4P. The van der Waals surface area contributed by atoms with Gasteiger partial charge in [-0.1, -0.05) is 75.7 Å². The van der Waals surface area contributed by atoms with Gasteiger partial charge in [0.15, 0.2) is 19.4 Å². The molecule has 3 atom stereocenters. The van der Waals surface area contributed by atoms with E-state index in [0.29, 0.717) is 11.1 Å². The number of Topliss-reactive ketones (excluding diaryl/α,β-unsaturated/α-hetero) is 2. The van der Waals surface area contributed by atoms with Gasteiger partial charge in [0, 0.05) is 28.5 Å². The van der Waals surface area contributed by atoms with Gasteiger partial charge in [-0.15, -0.1) is 0 Å². The van der Waals surface area contributed by atoms with Crippen LogP contribution in [0.1, 0.15) is 98.9 Å². The lowest BCUT2D eigenvalue weighted by molar-refractivity contribution is -0.138. The van der Waals surface area contributed by atoms with Crippen LogP contribution in [0.3, 0.4) is 0 Å². The molecule has 1 aliphatic rings. The molecule has 0 aliphatic heterocycles. The monoisotopic (exact) mass is 663 g/mol. The summed E-state index contributed by atoms with van der Waals surface area (Å²) in [6.45, 7) is 9.19. The average Bonchev–Trinajstić information content (AvgIpc) is 2.97. The summed E-state index contributed by atoms with van der Waals surface area (Å²) in [5.41, 5.74) is -4.81. The minimum absolute atomic E-state index is 0.0847. The van der Waals surface area contributed by atoms with Crippen molar-refractivity contribution in [3.05, 3.63) is 105 Å². The molecule has 3 unspecified atom stereocenters. The molecule has 4 rings (SSSR count). The normalized spacial score (nSPS) is 19.5. The predicted octanol–water partition coefficient (Wildman–Crippen LogP) is 10.2. The van der Waals surface area contributed by atoms with Crippen LogP contribution in [0.25, 0.3) is 0 Å². The van der Waals surface area contributed by atoms with Crippen molar-refractivity contribution in [1.29, 1.82) is 0 Å². The quantitative estimate of drug-likeness (QED) is 0.143. The Labute approximate surface area is 264 Å². The lowest BCUT2D eigenvalue weighted by Gasteiger charge is -2.36. The smallest absolute Gasteiger partial charge is 0.294 e. The molecular weight excluding hydrogens is 629 g/mol. The summed E-state index contributed by atoms with van der Waals surface area (Å²) in [6, 6.07) is 11.6. The largest absolute Gasteiger partial charge is 0.417 e. The van der Waals surface area contributed by atoms with Crippen LogP contribution >= 0.6 is 7.80 Å². The first-order valence-corrected chi connectivity index (χ1v) is 16.1. The van der Waals surface area contributed by atoms with E-state index in [1.807, 2.05) is 20.8 Å². The Morgan fingerprint density at radius 3 is 1.46 bits per heavy atom. The summed E-state index contributed by atoms with van der Waals surface area (Å²) in [6.07, 6.45) is -9.95. The first-order valence-electron chi connectivity index (χ1n) is 14.8. The zero-order chi connectivity index (χ0) is 34.4. The molecule has 0 N–H and O–H groups in total. The Morgan fingerprint density at radius 2 is 1.09 bits per heavy atom. The van der Waals surface area contributed by atoms with Crippen LogP contribution in [0.4, 0.5) is 26.3 Å². The van der Waals surface area contributed by atoms with Crippen LogP contribution in [-0.4, -0.2) is 22.7 Å². The number of hydrogen-bond acceptors (Lipinski definition) is 4. The van der Waals surface area contributed by atoms with Gasteiger partial charge < -0.3 is 0 Å². The highest BCUT2D eigenvalue weighted by Gasteiger charge is 2.49. The van der Waals surface area contributed by atoms with Gasteiger partial charge in [0.05, 0.1) is 16.8 Å². The predicted molar refractivity (Wildman–Crippen MR) is 163 cm³/mol. The molecule has 0 aromatic heterocycles. The molecule has 1 saturated carbocycles. The minimum Gasteiger partial charge on any atom is -0.294 e. The highest BCUT2D eigenvalue weighted by Crippen LogP contribution is 2.51. The van der Waals surface area contributed by atoms with E-state index in [0.717, 1.165) is 42.0 Å². The number of halogens is 6. The summed E-state index contributed by atoms with van der Waals surface area (Å²) >= 11 is 0. The maximum Gasteiger partial charge on any atom is 0.417 e.